The Balaban J connectivity index is 1.34. The van der Waals surface area contributed by atoms with E-state index in [1.165, 1.54) is 12.5 Å². The van der Waals surface area contributed by atoms with Crippen LogP contribution in [0.3, 0.4) is 0 Å². The summed E-state index contributed by atoms with van der Waals surface area (Å²) in [6.45, 7) is 2.22. The molecule has 0 aromatic heterocycles. The van der Waals surface area contributed by atoms with Crippen LogP contribution in [-0.2, 0) is 11.3 Å². The molecule has 0 heterocycles. The van der Waals surface area contributed by atoms with Gasteiger partial charge in [0.2, 0.25) is 5.91 Å². The zero-order valence-corrected chi connectivity index (χ0v) is 21.0. The van der Waals surface area contributed by atoms with Crippen molar-refractivity contribution in [2.45, 2.75) is 13.5 Å². The molecule has 0 saturated heterocycles. The van der Waals surface area contributed by atoms with E-state index in [0.717, 1.165) is 46.2 Å². The summed E-state index contributed by atoms with van der Waals surface area (Å²) in [5.41, 5.74) is 6.59. The van der Waals surface area contributed by atoms with Gasteiger partial charge in [-0.2, -0.15) is 0 Å². The van der Waals surface area contributed by atoms with E-state index in [1.54, 1.807) is 7.11 Å². The maximum absolute atomic E-state index is 11.6. The maximum Gasteiger partial charge on any atom is 0.221 e. The molecule has 0 aliphatic heterocycles. The van der Waals surface area contributed by atoms with Crippen LogP contribution in [0.15, 0.2) is 97.1 Å². The fraction of sp³-hybridized carbons (Fsp3) is 0.103. The van der Waals surface area contributed by atoms with Crippen molar-refractivity contribution in [1.29, 1.82) is 0 Å². The molecular weight excluding hydrogens is 468 g/mol. The monoisotopic (exact) mass is 496 g/mol. The Bertz CT molecular complexity index is 1340. The summed E-state index contributed by atoms with van der Waals surface area (Å²) in [6, 6.07) is 31.6. The van der Waals surface area contributed by atoms with Crippen molar-refractivity contribution in [2.75, 3.05) is 28.4 Å². The third kappa shape index (κ3) is 6.84. The van der Waals surface area contributed by atoms with E-state index < -0.39 is 0 Å². The first kappa shape index (κ1) is 24.8. The van der Waals surface area contributed by atoms with Crippen LogP contribution in [0.4, 0.5) is 22.7 Å². The molecule has 4 aromatic carbocycles. The highest BCUT2D eigenvalue weighted by Crippen LogP contribution is 2.29. The molecule has 0 fully saturated rings. The van der Waals surface area contributed by atoms with Gasteiger partial charge in [-0.3, -0.25) is 4.79 Å². The molecule has 0 unspecified atom stereocenters. The number of amides is 1. The van der Waals surface area contributed by atoms with Gasteiger partial charge in [0.1, 0.15) is 5.75 Å². The van der Waals surface area contributed by atoms with E-state index in [9.17, 15) is 4.79 Å². The highest BCUT2D eigenvalue weighted by Gasteiger charge is 2.07. The van der Waals surface area contributed by atoms with Crippen molar-refractivity contribution in [3.05, 3.63) is 103 Å². The first-order chi connectivity index (χ1) is 17.5. The van der Waals surface area contributed by atoms with Gasteiger partial charge in [-0.1, -0.05) is 42.5 Å². The molecule has 0 radical (unpaired) electrons. The lowest BCUT2D eigenvalue weighted by molar-refractivity contribution is -0.114. The molecule has 182 valence electrons. The molecule has 7 heteroatoms. The second-order valence-corrected chi connectivity index (χ2v) is 8.57. The van der Waals surface area contributed by atoms with Crippen LogP contribution < -0.4 is 26.0 Å². The smallest absolute Gasteiger partial charge is 0.221 e. The highest BCUT2D eigenvalue weighted by atomic mass is 32.1. The molecule has 1 amide bonds. The number of rotatable bonds is 8. The Morgan fingerprint density at radius 2 is 1.47 bits per heavy atom. The minimum atomic E-state index is -0.107. The number of anilines is 4. The number of hydrogen-bond donors (Lipinski definition) is 4. The van der Waals surface area contributed by atoms with E-state index in [2.05, 4.69) is 21.3 Å². The van der Waals surface area contributed by atoms with E-state index in [-0.39, 0.29) is 5.91 Å². The first-order valence-electron chi connectivity index (χ1n) is 11.5. The summed E-state index contributed by atoms with van der Waals surface area (Å²) in [6.07, 6.45) is 0. The molecule has 0 aliphatic rings. The fourth-order valence-corrected chi connectivity index (χ4v) is 3.95. The van der Waals surface area contributed by atoms with Gasteiger partial charge in [0.25, 0.3) is 0 Å². The topological polar surface area (TPSA) is 74.4 Å². The Kier molecular flexibility index (Phi) is 8.16. The summed E-state index contributed by atoms with van der Waals surface area (Å²) in [4.78, 5) is 11.6. The molecule has 0 saturated carbocycles. The normalized spacial score (nSPS) is 10.3. The van der Waals surface area contributed by atoms with E-state index >= 15 is 0 Å². The van der Waals surface area contributed by atoms with Gasteiger partial charge >= 0.3 is 0 Å². The Morgan fingerprint density at radius 1 is 0.778 bits per heavy atom. The van der Waals surface area contributed by atoms with Crippen LogP contribution >= 0.6 is 12.2 Å². The summed E-state index contributed by atoms with van der Waals surface area (Å²) in [7, 11) is 1.66. The number of carbonyl (C=O) groups excluding carboxylic acids is 1. The van der Waals surface area contributed by atoms with Gasteiger partial charge in [-0.15, -0.1) is 0 Å². The number of methoxy groups -OCH3 is 1. The number of benzene rings is 4. The van der Waals surface area contributed by atoms with Gasteiger partial charge in [0.15, 0.2) is 5.11 Å². The van der Waals surface area contributed by atoms with Crippen molar-refractivity contribution in [1.82, 2.24) is 0 Å². The first-order valence-corrected chi connectivity index (χ1v) is 11.9. The van der Waals surface area contributed by atoms with E-state index in [1.807, 2.05) is 97.1 Å². The minimum Gasteiger partial charge on any atom is -0.497 e. The van der Waals surface area contributed by atoms with Crippen LogP contribution in [0, 0.1) is 0 Å². The number of thiocarbonyl (C=S) groups is 1. The van der Waals surface area contributed by atoms with Crippen LogP contribution in [0.1, 0.15) is 12.5 Å². The van der Waals surface area contributed by atoms with Gasteiger partial charge in [0, 0.05) is 41.8 Å². The van der Waals surface area contributed by atoms with Crippen molar-refractivity contribution >= 4 is 46.0 Å². The Morgan fingerprint density at radius 3 is 2.19 bits per heavy atom. The number of para-hydroxylation sites is 1. The Hall–Kier alpha value is -4.36. The summed E-state index contributed by atoms with van der Waals surface area (Å²) >= 11 is 5.52. The average Bonchev–Trinajstić information content (AvgIpc) is 2.89. The van der Waals surface area contributed by atoms with Gasteiger partial charge in [-0.25, -0.2) is 0 Å². The van der Waals surface area contributed by atoms with Crippen molar-refractivity contribution in [3.63, 3.8) is 0 Å². The van der Waals surface area contributed by atoms with E-state index in [4.69, 9.17) is 17.0 Å². The second kappa shape index (κ2) is 11.9. The lowest BCUT2D eigenvalue weighted by Gasteiger charge is -2.14. The number of nitrogens with one attached hydrogen (secondary N) is 4. The molecule has 0 aliphatic carbocycles. The second-order valence-electron chi connectivity index (χ2n) is 8.17. The molecule has 0 bridgehead atoms. The predicted molar refractivity (Wildman–Crippen MR) is 153 cm³/mol. The van der Waals surface area contributed by atoms with Crippen molar-refractivity contribution < 1.29 is 9.53 Å². The minimum absolute atomic E-state index is 0.107. The number of ether oxygens (including phenoxy) is 1. The lowest BCUT2D eigenvalue weighted by Crippen LogP contribution is -2.19. The summed E-state index contributed by atoms with van der Waals surface area (Å²) in [5.74, 6) is 0.740. The van der Waals surface area contributed by atoms with Gasteiger partial charge < -0.3 is 26.0 Å². The fourth-order valence-electron chi connectivity index (χ4n) is 3.71. The SMILES string of the molecule is COc1ccc(CNc2ccc(NC(=S)Nc3cccc(-c4ccccc4NC(C)=O)c3)cc2)cc1. The maximum atomic E-state index is 11.6. The molecule has 0 atom stereocenters. The van der Waals surface area contributed by atoms with Crippen molar-refractivity contribution in [2.24, 2.45) is 0 Å². The van der Waals surface area contributed by atoms with Crippen molar-refractivity contribution in [3.8, 4) is 16.9 Å². The van der Waals surface area contributed by atoms with Gasteiger partial charge in [0.05, 0.1) is 7.11 Å². The molecule has 36 heavy (non-hydrogen) atoms. The summed E-state index contributed by atoms with van der Waals surface area (Å²) < 4.78 is 5.20. The molecule has 6 nitrogen and oxygen atoms in total. The molecule has 4 rings (SSSR count). The van der Waals surface area contributed by atoms with E-state index in [0.29, 0.717) is 5.11 Å². The average molecular weight is 497 g/mol. The van der Waals surface area contributed by atoms with Crippen LogP contribution in [-0.4, -0.2) is 18.1 Å². The number of hydrogen-bond acceptors (Lipinski definition) is 4. The van der Waals surface area contributed by atoms with Crippen LogP contribution in [0.25, 0.3) is 11.1 Å². The van der Waals surface area contributed by atoms with Crippen LogP contribution in [0.2, 0.25) is 0 Å². The highest BCUT2D eigenvalue weighted by molar-refractivity contribution is 7.80. The predicted octanol–water partition coefficient (Wildman–Crippen LogP) is 6.74. The quantitative estimate of drug-likeness (QED) is 0.202. The largest absolute Gasteiger partial charge is 0.497 e. The lowest BCUT2D eigenvalue weighted by atomic mass is 10.0. The third-order valence-corrected chi connectivity index (χ3v) is 5.67. The standard InChI is InChI=1S/C29H28N4O2S/c1-20(34)31-28-9-4-3-8-27(28)22-6-5-7-25(18-22)33-29(36)32-24-14-12-23(13-15-24)30-19-21-10-16-26(35-2)17-11-21/h3-18,30H,19H2,1-2H3,(H,31,34)(H2,32,33,36). The molecule has 4 N–H and O–H groups in total. The molecule has 4 aromatic rings. The molecular formula is C29H28N4O2S. The van der Waals surface area contributed by atoms with Gasteiger partial charge in [-0.05, 0) is 77.9 Å². The number of carbonyl (C=O) groups is 1. The van der Waals surface area contributed by atoms with Crippen LogP contribution in [0.5, 0.6) is 5.75 Å². The summed E-state index contributed by atoms with van der Waals surface area (Å²) in [5, 5.41) is 13.2. The zero-order chi connectivity index (χ0) is 25.3. The zero-order valence-electron chi connectivity index (χ0n) is 20.2. The third-order valence-electron chi connectivity index (χ3n) is 5.47. The molecule has 0 spiro atoms. The Labute approximate surface area is 216 Å².